The molecule has 2 nitrogen and oxygen atoms in total. The summed E-state index contributed by atoms with van der Waals surface area (Å²) in [6, 6.07) is 1.26. The maximum atomic E-state index is 9.42. The van der Waals surface area contributed by atoms with Gasteiger partial charge in [0.05, 0.1) is 6.61 Å². The van der Waals surface area contributed by atoms with E-state index in [4.69, 9.17) is 0 Å². The lowest BCUT2D eigenvalue weighted by Gasteiger charge is -2.40. The molecule has 1 unspecified atom stereocenters. The van der Waals surface area contributed by atoms with Crippen LogP contribution in [0.25, 0.3) is 0 Å². The van der Waals surface area contributed by atoms with Crippen molar-refractivity contribution in [2.45, 2.75) is 69.9 Å². The van der Waals surface area contributed by atoms with Crippen LogP contribution in [0, 0.1) is 0 Å². The Hall–Kier alpha value is -0.0800. The largest absolute Gasteiger partial charge is 0.395 e. The molecule has 1 aliphatic heterocycles. The topological polar surface area (TPSA) is 23.5 Å². The van der Waals surface area contributed by atoms with Gasteiger partial charge in [-0.15, -0.1) is 0 Å². The molecule has 0 amide bonds. The zero-order chi connectivity index (χ0) is 10.5. The molecule has 0 radical (unpaired) electrons. The van der Waals surface area contributed by atoms with Crippen LogP contribution in [0.4, 0.5) is 0 Å². The predicted molar refractivity (Wildman–Crippen MR) is 62.9 cm³/mol. The monoisotopic (exact) mass is 211 g/mol. The van der Waals surface area contributed by atoms with E-state index in [0.717, 1.165) is 6.04 Å². The van der Waals surface area contributed by atoms with Crippen LogP contribution in [0.5, 0.6) is 0 Å². The van der Waals surface area contributed by atoms with Gasteiger partial charge in [0.15, 0.2) is 0 Å². The van der Waals surface area contributed by atoms with Gasteiger partial charge in [-0.05, 0) is 32.2 Å². The minimum Gasteiger partial charge on any atom is -0.395 e. The third kappa shape index (κ3) is 2.94. The molecule has 1 saturated carbocycles. The highest BCUT2D eigenvalue weighted by atomic mass is 16.3. The summed E-state index contributed by atoms with van der Waals surface area (Å²) in [5, 5.41) is 9.42. The van der Waals surface area contributed by atoms with E-state index in [0.29, 0.717) is 12.6 Å². The lowest BCUT2D eigenvalue weighted by Crippen LogP contribution is -2.47. The average molecular weight is 211 g/mol. The Morgan fingerprint density at radius 2 is 1.53 bits per heavy atom. The molecular formula is C13H25NO. The minimum absolute atomic E-state index is 0.372. The second-order valence-electron chi connectivity index (χ2n) is 5.22. The molecule has 1 atom stereocenters. The Balaban J connectivity index is 1.92. The number of nitrogens with zero attached hydrogens (tertiary/aromatic N) is 1. The van der Waals surface area contributed by atoms with Crippen LogP contribution in [0.2, 0.25) is 0 Å². The van der Waals surface area contributed by atoms with Gasteiger partial charge in [0.1, 0.15) is 0 Å². The van der Waals surface area contributed by atoms with Gasteiger partial charge in [0.2, 0.25) is 0 Å². The Labute approximate surface area is 93.7 Å². The number of hydrogen-bond acceptors (Lipinski definition) is 2. The molecule has 88 valence electrons. The highest BCUT2D eigenvalue weighted by Crippen LogP contribution is 2.27. The normalized spacial score (nSPS) is 31.4. The van der Waals surface area contributed by atoms with Gasteiger partial charge in [-0.1, -0.05) is 32.1 Å². The number of aliphatic hydroxyl groups is 1. The summed E-state index contributed by atoms with van der Waals surface area (Å²) >= 11 is 0. The van der Waals surface area contributed by atoms with E-state index in [1.54, 1.807) is 0 Å². The van der Waals surface area contributed by atoms with Crippen LogP contribution >= 0.6 is 0 Å². The molecule has 1 saturated heterocycles. The number of rotatable bonds is 2. The minimum atomic E-state index is 0.372. The number of hydrogen-bond donors (Lipinski definition) is 1. The first-order chi connectivity index (χ1) is 7.42. The summed E-state index contributed by atoms with van der Waals surface area (Å²) in [6.45, 7) is 1.60. The van der Waals surface area contributed by atoms with Gasteiger partial charge in [-0.3, -0.25) is 4.90 Å². The molecule has 1 aliphatic carbocycles. The van der Waals surface area contributed by atoms with E-state index in [1.807, 2.05) is 0 Å². The summed E-state index contributed by atoms with van der Waals surface area (Å²) in [5.74, 6) is 0. The van der Waals surface area contributed by atoms with E-state index >= 15 is 0 Å². The molecule has 2 aliphatic rings. The first kappa shape index (κ1) is 11.4. The summed E-state index contributed by atoms with van der Waals surface area (Å²) < 4.78 is 0. The van der Waals surface area contributed by atoms with Crippen molar-refractivity contribution in [3.8, 4) is 0 Å². The fourth-order valence-electron chi connectivity index (χ4n) is 3.29. The number of piperidine rings is 1. The van der Waals surface area contributed by atoms with Crippen molar-refractivity contribution >= 4 is 0 Å². The van der Waals surface area contributed by atoms with Crippen LogP contribution in [0.3, 0.4) is 0 Å². The highest BCUT2D eigenvalue weighted by molar-refractivity contribution is 4.83. The van der Waals surface area contributed by atoms with Crippen LogP contribution in [-0.2, 0) is 0 Å². The molecule has 1 N–H and O–H groups in total. The zero-order valence-corrected chi connectivity index (χ0v) is 9.83. The standard InChI is InChI=1S/C13H25NO/c15-11-13-9-5-6-10-14(13)12-7-3-1-2-4-8-12/h12-13,15H,1-11H2. The average Bonchev–Trinajstić information content (AvgIpc) is 2.57. The Morgan fingerprint density at radius 3 is 2.20 bits per heavy atom. The summed E-state index contributed by atoms with van der Waals surface area (Å²) in [5.41, 5.74) is 0. The van der Waals surface area contributed by atoms with E-state index in [2.05, 4.69) is 4.90 Å². The second-order valence-corrected chi connectivity index (χ2v) is 5.22. The number of likely N-dealkylation sites (tertiary alicyclic amines) is 1. The van der Waals surface area contributed by atoms with Gasteiger partial charge in [-0.2, -0.15) is 0 Å². The van der Waals surface area contributed by atoms with Crippen molar-refractivity contribution < 1.29 is 5.11 Å². The summed E-state index contributed by atoms with van der Waals surface area (Å²) in [6.07, 6.45) is 12.3. The maximum absolute atomic E-state index is 9.42. The third-order valence-corrected chi connectivity index (χ3v) is 4.18. The molecule has 0 aromatic carbocycles. The molecule has 0 aromatic rings. The van der Waals surface area contributed by atoms with Crippen LogP contribution in [0.1, 0.15) is 57.8 Å². The smallest absolute Gasteiger partial charge is 0.0586 e. The van der Waals surface area contributed by atoms with Gasteiger partial charge < -0.3 is 5.11 Å². The molecule has 1 heterocycles. The fraction of sp³-hybridized carbons (Fsp3) is 1.00. The Morgan fingerprint density at radius 1 is 0.867 bits per heavy atom. The Kier molecular flexibility index (Phi) is 4.45. The predicted octanol–water partition coefficient (Wildman–Crippen LogP) is 2.56. The van der Waals surface area contributed by atoms with E-state index in [1.165, 1.54) is 64.3 Å². The van der Waals surface area contributed by atoms with Gasteiger partial charge in [-0.25, -0.2) is 0 Å². The van der Waals surface area contributed by atoms with E-state index < -0.39 is 0 Å². The SMILES string of the molecule is OCC1CCCCN1C1CCCCCC1. The lowest BCUT2D eigenvalue weighted by atomic mass is 9.97. The summed E-state index contributed by atoms with van der Waals surface area (Å²) in [4.78, 5) is 2.62. The molecule has 0 bridgehead atoms. The second kappa shape index (κ2) is 5.86. The molecule has 15 heavy (non-hydrogen) atoms. The molecule has 0 aromatic heterocycles. The number of aliphatic hydroxyl groups excluding tert-OH is 1. The van der Waals surface area contributed by atoms with Crippen LogP contribution in [-0.4, -0.2) is 35.2 Å². The van der Waals surface area contributed by atoms with Gasteiger partial charge >= 0.3 is 0 Å². The lowest BCUT2D eigenvalue weighted by molar-refractivity contribution is 0.0470. The van der Waals surface area contributed by atoms with Crippen molar-refractivity contribution in [1.29, 1.82) is 0 Å². The molecule has 2 fully saturated rings. The third-order valence-electron chi connectivity index (χ3n) is 4.18. The van der Waals surface area contributed by atoms with Crippen molar-refractivity contribution in [2.75, 3.05) is 13.2 Å². The Bertz CT molecular complexity index is 175. The van der Waals surface area contributed by atoms with Crippen molar-refractivity contribution in [3.63, 3.8) is 0 Å². The molecule has 0 spiro atoms. The van der Waals surface area contributed by atoms with Gasteiger partial charge in [0.25, 0.3) is 0 Å². The van der Waals surface area contributed by atoms with Crippen molar-refractivity contribution in [3.05, 3.63) is 0 Å². The first-order valence-corrected chi connectivity index (χ1v) is 6.78. The fourth-order valence-corrected chi connectivity index (χ4v) is 3.29. The first-order valence-electron chi connectivity index (χ1n) is 6.78. The molecular weight excluding hydrogens is 186 g/mol. The van der Waals surface area contributed by atoms with Crippen molar-refractivity contribution in [2.24, 2.45) is 0 Å². The quantitative estimate of drug-likeness (QED) is 0.710. The van der Waals surface area contributed by atoms with Gasteiger partial charge in [0, 0.05) is 12.1 Å². The van der Waals surface area contributed by atoms with Crippen molar-refractivity contribution in [1.82, 2.24) is 4.90 Å². The van der Waals surface area contributed by atoms with Crippen LogP contribution in [0.15, 0.2) is 0 Å². The van der Waals surface area contributed by atoms with E-state index in [-0.39, 0.29) is 0 Å². The summed E-state index contributed by atoms with van der Waals surface area (Å²) in [7, 11) is 0. The molecule has 2 heteroatoms. The maximum Gasteiger partial charge on any atom is 0.0586 e. The highest BCUT2D eigenvalue weighted by Gasteiger charge is 2.28. The molecule has 2 rings (SSSR count). The van der Waals surface area contributed by atoms with E-state index in [9.17, 15) is 5.11 Å². The zero-order valence-electron chi connectivity index (χ0n) is 9.83. The van der Waals surface area contributed by atoms with Crippen LogP contribution < -0.4 is 0 Å².